The highest BCUT2D eigenvalue weighted by molar-refractivity contribution is 6.01. The van der Waals surface area contributed by atoms with Crippen molar-refractivity contribution >= 4 is 33.4 Å². The van der Waals surface area contributed by atoms with E-state index in [0.29, 0.717) is 25.2 Å². The first kappa shape index (κ1) is 28.5. The summed E-state index contributed by atoms with van der Waals surface area (Å²) in [7, 11) is 2.15. The van der Waals surface area contributed by atoms with E-state index in [1.54, 1.807) is 6.07 Å². The first-order valence-electron chi connectivity index (χ1n) is 16.7. The van der Waals surface area contributed by atoms with E-state index in [9.17, 15) is 9.90 Å². The highest BCUT2D eigenvalue weighted by atomic mass is 16.5. The molecule has 3 atom stereocenters. The number of anilines is 1. The predicted octanol–water partition coefficient (Wildman–Crippen LogP) is 4.90. The molecule has 3 aromatic carbocycles. The molecule has 5 heterocycles. The summed E-state index contributed by atoms with van der Waals surface area (Å²) in [6.07, 6.45) is 6.74. The lowest BCUT2D eigenvalue weighted by atomic mass is 9.97. The van der Waals surface area contributed by atoms with Crippen LogP contribution in [-0.4, -0.2) is 107 Å². The molecule has 234 valence electrons. The summed E-state index contributed by atoms with van der Waals surface area (Å²) >= 11 is 0. The molecule has 9 heteroatoms. The van der Waals surface area contributed by atoms with Gasteiger partial charge in [0, 0.05) is 36.6 Å². The molecule has 4 fully saturated rings. The molecule has 0 saturated carbocycles. The van der Waals surface area contributed by atoms with Crippen molar-refractivity contribution in [1.29, 1.82) is 0 Å². The Hall–Kier alpha value is -3.95. The fourth-order valence-corrected chi connectivity index (χ4v) is 8.16. The largest absolute Gasteiger partial charge is 0.508 e. The van der Waals surface area contributed by atoms with Crippen molar-refractivity contribution in [3.05, 3.63) is 54.6 Å². The zero-order valence-corrected chi connectivity index (χ0v) is 26.1. The molecule has 4 aliphatic rings. The molecule has 0 unspecified atom stereocenters. The molecule has 2 bridgehead atoms. The van der Waals surface area contributed by atoms with E-state index < -0.39 is 0 Å². The van der Waals surface area contributed by atoms with E-state index >= 15 is 0 Å². The smallest absolute Gasteiger partial charge is 0.319 e. The summed E-state index contributed by atoms with van der Waals surface area (Å²) in [5, 5.41) is 13.6. The van der Waals surface area contributed by atoms with Crippen LogP contribution in [0.3, 0.4) is 0 Å². The van der Waals surface area contributed by atoms with Crippen LogP contribution in [0, 0.1) is 0 Å². The number of rotatable bonds is 7. The van der Waals surface area contributed by atoms with Gasteiger partial charge in [-0.2, -0.15) is 9.97 Å². The van der Waals surface area contributed by atoms with Crippen LogP contribution in [0.4, 0.5) is 5.82 Å². The number of benzene rings is 3. The number of phenols is 1. The van der Waals surface area contributed by atoms with Crippen molar-refractivity contribution in [3.8, 4) is 22.9 Å². The van der Waals surface area contributed by atoms with E-state index in [1.165, 1.54) is 19.3 Å². The SMILES string of the molecule is CN1CCC[C@H]1COc1nc(N2C[C@H]3CC[C@@H](C2)N3C(=O)CN2CCCC2)c2ccc(-c3cc(O)cc4ccccc34)cc2n1. The molecule has 0 radical (unpaired) electrons. The van der Waals surface area contributed by atoms with Gasteiger partial charge >= 0.3 is 6.01 Å². The second-order valence-electron chi connectivity index (χ2n) is 13.4. The van der Waals surface area contributed by atoms with E-state index in [1.807, 2.05) is 24.3 Å². The molecule has 8 rings (SSSR count). The highest BCUT2D eigenvalue weighted by Gasteiger charge is 2.43. The minimum absolute atomic E-state index is 0.193. The third kappa shape index (κ3) is 5.46. The average Bonchev–Trinajstić information content (AvgIpc) is 3.78. The molecule has 4 aromatic rings. The predicted molar refractivity (Wildman–Crippen MR) is 177 cm³/mol. The van der Waals surface area contributed by atoms with Crippen molar-refractivity contribution in [2.75, 3.05) is 57.8 Å². The quantitative estimate of drug-likeness (QED) is 0.318. The Kier molecular flexibility index (Phi) is 7.46. The van der Waals surface area contributed by atoms with Gasteiger partial charge in [0.25, 0.3) is 0 Å². The van der Waals surface area contributed by atoms with Crippen molar-refractivity contribution in [1.82, 2.24) is 24.7 Å². The molecule has 1 aromatic heterocycles. The molecule has 1 N–H and O–H groups in total. The Bertz CT molecular complexity index is 1730. The topological polar surface area (TPSA) is 85.3 Å². The molecule has 1 amide bonds. The standard InChI is InChI=1S/C36H42N6O3/c1-39-14-6-8-28(39)23-45-36-37-33-18-25(32-19-29(43)17-24-7-2-3-9-30(24)32)10-13-31(33)35(38-36)41-20-26-11-12-27(21-41)42(26)34(44)22-40-15-4-5-16-40/h2-3,7,9-10,13,17-19,26-28,43H,4-6,8,11-12,14-16,20-23H2,1H3/t26-,27+,28-/m0/s1. The van der Waals surface area contributed by atoms with E-state index in [2.05, 4.69) is 50.9 Å². The normalized spacial score (nSPS) is 23.9. The summed E-state index contributed by atoms with van der Waals surface area (Å²) in [4.78, 5) is 32.7. The van der Waals surface area contributed by atoms with Gasteiger partial charge in [-0.3, -0.25) is 9.69 Å². The molecule has 45 heavy (non-hydrogen) atoms. The number of hydrogen-bond acceptors (Lipinski definition) is 8. The molecule has 4 saturated heterocycles. The Labute approximate surface area is 264 Å². The summed E-state index contributed by atoms with van der Waals surface area (Å²) in [6.45, 7) is 5.78. The van der Waals surface area contributed by atoms with Gasteiger partial charge in [-0.1, -0.05) is 30.3 Å². The molecule has 9 nitrogen and oxygen atoms in total. The zero-order chi connectivity index (χ0) is 30.5. The second kappa shape index (κ2) is 11.8. The number of amides is 1. The van der Waals surface area contributed by atoms with Crippen LogP contribution < -0.4 is 9.64 Å². The molecular formula is C36H42N6O3. The third-order valence-corrected chi connectivity index (χ3v) is 10.5. The molecule has 4 aliphatic heterocycles. The number of ether oxygens (including phenoxy) is 1. The van der Waals surface area contributed by atoms with Gasteiger partial charge in [0.2, 0.25) is 5.91 Å². The minimum Gasteiger partial charge on any atom is -0.508 e. The highest BCUT2D eigenvalue weighted by Crippen LogP contribution is 2.38. The summed E-state index contributed by atoms with van der Waals surface area (Å²) in [5.41, 5.74) is 2.77. The van der Waals surface area contributed by atoms with Crippen LogP contribution in [-0.2, 0) is 4.79 Å². The van der Waals surface area contributed by atoms with Crippen LogP contribution in [0.15, 0.2) is 54.6 Å². The van der Waals surface area contributed by atoms with Crippen molar-refractivity contribution in [2.45, 2.75) is 56.7 Å². The molecule has 0 aliphatic carbocycles. The number of phenolic OH excluding ortho intramolecular Hbond substituents is 1. The Morgan fingerprint density at radius 1 is 0.911 bits per heavy atom. The maximum Gasteiger partial charge on any atom is 0.319 e. The number of carbonyl (C=O) groups is 1. The van der Waals surface area contributed by atoms with Gasteiger partial charge in [0.15, 0.2) is 0 Å². The lowest BCUT2D eigenvalue weighted by Gasteiger charge is -2.42. The first-order valence-corrected chi connectivity index (χ1v) is 16.7. The van der Waals surface area contributed by atoms with Crippen LogP contribution in [0.1, 0.15) is 38.5 Å². The van der Waals surface area contributed by atoms with Gasteiger partial charge < -0.3 is 24.5 Å². The van der Waals surface area contributed by atoms with Crippen molar-refractivity contribution in [3.63, 3.8) is 0 Å². The average molecular weight is 607 g/mol. The number of carbonyl (C=O) groups excluding carboxylic acids is 1. The van der Waals surface area contributed by atoms with Crippen molar-refractivity contribution in [2.24, 2.45) is 0 Å². The zero-order valence-electron chi connectivity index (χ0n) is 26.1. The summed E-state index contributed by atoms with van der Waals surface area (Å²) in [6, 6.07) is 19.2. The second-order valence-corrected chi connectivity index (χ2v) is 13.4. The first-order chi connectivity index (χ1) is 22.0. The molecular weight excluding hydrogens is 564 g/mol. The minimum atomic E-state index is 0.193. The number of fused-ring (bicyclic) bond motifs is 4. The van der Waals surface area contributed by atoms with Gasteiger partial charge in [0.05, 0.1) is 12.1 Å². The Morgan fingerprint density at radius 3 is 2.49 bits per heavy atom. The van der Waals surface area contributed by atoms with Gasteiger partial charge in [-0.05, 0) is 111 Å². The van der Waals surface area contributed by atoms with Crippen molar-refractivity contribution < 1.29 is 14.6 Å². The van der Waals surface area contributed by atoms with E-state index in [0.717, 1.165) is 90.6 Å². The fourth-order valence-electron chi connectivity index (χ4n) is 8.16. The maximum absolute atomic E-state index is 13.4. The van der Waals surface area contributed by atoms with E-state index in [-0.39, 0.29) is 23.7 Å². The summed E-state index contributed by atoms with van der Waals surface area (Å²) in [5.74, 6) is 1.40. The van der Waals surface area contributed by atoms with Crippen LogP contribution in [0.5, 0.6) is 11.8 Å². The fraction of sp³-hybridized carbons (Fsp3) is 0.472. The van der Waals surface area contributed by atoms with Crippen LogP contribution in [0.2, 0.25) is 0 Å². The lowest BCUT2D eigenvalue weighted by molar-refractivity contribution is -0.135. The van der Waals surface area contributed by atoms with Gasteiger partial charge in [0.1, 0.15) is 18.2 Å². The number of aromatic hydroxyl groups is 1. The Balaban J connectivity index is 1.14. The van der Waals surface area contributed by atoms with Crippen LogP contribution >= 0.6 is 0 Å². The number of piperazine rings is 1. The maximum atomic E-state index is 13.4. The number of aromatic nitrogens is 2. The number of likely N-dealkylation sites (tertiary alicyclic amines) is 2. The summed E-state index contributed by atoms with van der Waals surface area (Å²) < 4.78 is 6.34. The van der Waals surface area contributed by atoms with Crippen LogP contribution in [0.25, 0.3) is 32.8 Å². The van der Waals surface area contributed by atoms with Gasteiger partial charge in [-0.25, -0.2) is 0 Å². The number of nitrogens with zero attached hydrogens (tertiary/aromatic N) is 6. The lowest BCUT2D eigenvalue weighted by Crippen LogP contribution is -2.57. The molecule has 0 spiro atoms. The third-order valence-electron chi connectivity index (χ3n) is 10.5. The monoisotopic (exact) mass is 606 g/mol. The van der Waals surface area contributed by atoms with Gasteiger partial charge in [-0.15, -0.1) is 0 Å². The number of hydrogen-bond donors (Lipinski definition) is 1. The number of likely N-dealkylation sites (N-methyl/N-ethyl adjacent to an activating group) is 1. The Morgan fingerprint density at radius 2 is 1.71 bits per heavy atom. The van der Waals surface area contributed by atoms with E-state index in [4.69, 9.17) is 14.7 Å².